The quantitative estimate of drug-likeness (QED) is 0.179. The number of nitrogens with two attached hydrogens (primary N) is 1. The summed E-state index contributed by atoms with van der Waals surface area (Å²) in [7, 11) is 1.46. The number of fused-ring (bicyclic) bond motifs is 1. The van der Waals surface area contributed by atoms with Crippen molar-refractivity contribution in [1.29, 1.82) is 0 Å². The number of para-hydroxylation sites is 2. The molecule has 1 aliphatic rings. The summed E-state index contributed by atoms with van der Waals surface area (Å²) in [6.07, 6.45) is 2.86. The Morgan fingerprint density at radius 3 is 2.60 bits per heavy atom. The standard InChI is InChI=1S/C30H33N3O7/c1-30(2,15-7-6-10-27(35)33-22-9-5-4-8-21(22)31)28(19-11-13-24(37-3)23(34)16-19)40-29(36)32-20-12-14-25-26(17-20)39-18-38-25/h4-6,8-14,16-17,28,34H,7,15,18,31H2,1-3H3,(H,32,36)(H,33,35)/b10-6+/t28-/m0/s1. The van der Waals surface area contributed by atoms with Crippen molar-refractivity contribution in [3.05, 3.63) is 78.4 Å². The molecule has 40 heavy (non-hydrogen) atoms. The van der Waals surface area contributed by atoms with Gasteiger partial charge in [-0.2, -0.15) is 0 Å². The van der Waals surface area contributed by atoms with Crippen molar-refractivity contribution in [2.45, 2.75) is 32.8 Å². The van der Waals surface area contributed by atoms with E-state index in [-0.39, 0.29) is 18.4 Å². The van der Waals surface area contributed by atoms with Gasteiger partial charge in [-0.25, -0.2) is 4.79 Å². The topological polar surface area (TPSA) is 141 Å². The molecule has 10 nitrogen and oxygen atoms in total. The smallest absolute Gasteiger partial charge is 0.412 e. The normalized spacial score (nSPS) is 13.1. The first-order chi connectivity index (χ1) is 19.2. The number of anilines is 3. The summed E-state index contributed by atoms with van der Waals surface area (Å²) >= 11 is 0. The van der Waals surface area contributed by atoms with Gasteiger partial charge in [0.25, 0.3) is 0 Å². The highest BCUT2D eigenvalue weighted by atomic mass is 16.7. The molecule has 10 heteroatoms. The molecule has 0 radical (unpaired) electrons. The highest BCUT2D eigenvalue weighted by Crippen LogP contribution is 2.43. The molecule has 0 saturated heterocycles. The van der Waals surface area contributed by atoms with Gasteiger partial charge in [-0.15, -0.1) is 0 Å². The van der Waals surface area contributed by atoms with Crippen LogP contribution in [0.4, 0.5) is 21.9 Å². The zero-order valence-electron chi connectivity index (χ0n) is 22.6. The lowest BCUT2D eigenvalue weighted by Gasteiger charge is -2.34. The number of aromatic hydroxyl groups is 1. The maximum atomic E-state index is 13.0. The average molecular weight is 548 g/mol. The van der Waals surface area contributed by atoms with E-state index >= 15 is 0 Å². The molecule has 1 heterocycles. The Bertz CT molecular complexity index is 1400. The molecule has 0 unspecified atom stereocenters. The van der Waals surface area contributed by atoms with Crippen LogP contribution in [0.25, 0.3) is 0 Å². The van der Waals surface area contributed by atoms with E-state index in [4.69, 9.17) is 24.7 Å². The Labute approximate surface area is 232 Å². The molecule has 0 aliphatic carbocycles. The van der Waals surface area contributed by atoms with Crippen LogP contribution in [0.2, 0.25) is 0 Å². The number of rotatable bonds is 10. The van der Waals surface area contributed by atoms with Gasteiger partial charge in [0, 0.05) is 17.2 Å². The number of amides is 2. The van der Waals surface area contributed by atoms with Crippen LogP contribution < -0.4 is 30.6 Å². The minimum atomic E-state index is -0.746. The third-order valence-corrected chi connectivity index (χ3v) is 6.50. The van der Waals surface area contributed by atoms with Crippen LogP contribution in [0.3, 0.4) is 0 Å². The summed E-state index contributed by atoms with van der Waals surface area (Å²) in [5.74, 6) is 1.06. The number of nitrogens with one attached hydrogen (secondary N) is 2. The van der Waals surface area contributed by atoms with Crippen LogP contribution in [0.15, 0.2) is 72.8 Å². The number of carbonyl (C=O) groups is 2. The van der Waals surface area contributed by atoms with E-state index in [9.17, 15) is 14.7 Å². The second-order valence-electron chi connectivity index (χ2n) is 9.92. The van der Waals surface area contributed by atoms with E-state index in [0.717, 1.165) is 0 Å². The van der Waals surface area contributed by atoms with Crippen molar-refractivity contribution >= 4 is 29.1 Å². The summed E-state index contributed by atoms with van der Waals surface area (Å²) in [6.45, 7) is 4.02. The van der Waals surface area contributed by atoms with Crippen LogP contribution in [0.5, 0.6) is 23.0 Å². The predicted octanol–water partition coefficient (Wildman–Crippen LogP) is 6.00. The van der Waals surface area contributed by atoms with Crippen LogP contribution >= 0.6 is 0 Å². The van der Waals surface area contributed by atoms with Gasteiger partial charge in [-0.1, -0.05) is 38.1 Å². The highest BCUT2D eigenvalue weighted by Gasteiger charge is 2.34. The second kappa shape index (κ2) is 12.3. The van der Waals surface area contributed by atoms with Crippen molar-refractivity contribution in [3.63, 3.8) is 0 Å². The number of benzene rings is 3. The monoisotopic (exact) mass is 547 g/mol. The van der Waals surface area contributed by atoms with Gasteiger partial charge in [-0.05, 0) is 60.9 Å². The third kappa shape index (κ3) is 6.96. The number of nitrogen functional groups attached to an aromatic ring is 1. The van der Waals surface area contributed by atoms with E-state index in [2.05, 4.69) is 10.6 Å². The van der Waals surface area contributed by atoms with Crippen LogP contribution in [-0.4, -0.2) is 31.0 Å². The third-order valence-electron chi connectivity index (χ3n) is 6.50. The maximum Gasteiger partial charge on any atom is 0.412 e. The van der Waals surface area contributed by atoms with Crippen molar-refractivity contribution in [3.8, 4) is 23.0 Å². The molecular formula is C30H33N3O7. The fourth-order valence-corrected chi connectivity index (χ4v) is 4.34. The van der Waals surface area contributed by atoms with Crippen LogP contribution in [0, 0.1) is 5.41 Å². The molecule has 210 valence electrons. The average Bonchev–Trinajstić information content (AvgIpc) is 3.39. The molecule has 0 fully saturated rings. The van der Waals surface area contributed by atoms with Gasteiger partial charge in [0.1, 0.15) is 6.10 Å². The lowest BCUT2D eigenvalue weighted by Crippen LogP contribution is -2.29. The molecule has 5 N–H and O–H groups in total. The molecule has 1 atom stereocenters. The van der Waals surface area contributed by atoms with E-state index in [1.54, 1.807) is 60.7 Å². The largest absolute Gasteiger partial charge is 0.504 e. The fourth-order valence-electron chi connectivity index (χ4n) is 4.34. The number of methoxy groups -OCH3 is 1. The predicted molar refractivity (Wildman–Crippen MR) is 152 cm³/mol. The van der Waals surface area contributed by atoms with Crippen LogP contribution in [0.1, 0.15) is 38.4 Å². The Morgan fingerprint density at radius 2 is 1.85 bits per heavy atom. The number of hydrogen-bond acceptors (Lipinski definition) is 8. The van der Waals surface area contributed by atoms with Gasteiger partial charge < -0.3 is 35.1 Å². The highest BCUT2D eigenvalue weighted by molar-refractivity contribution is 6.01. The van der Waals surface area contributed by atoms with Gasteiger partial charge in [0.15, 0.2) is 23.0 Å². The van der Waals surface area contributed by atoms with Crippen molar-refractivity contribution < 1.29 is 33.6 Å². The lowest BCUT2D eigenvalue weighted by atomic mass is 9.78. The lowest BCUT2D eigenvalue weighted by molar-refractivity contribution is -0.111. The molecular weight excluding hydrogens is 514 g/mol. The number of ether oxygens (including phenoxy) is 4. The minimum Gasteiger partial charge on any atom is -0.504 e. The molecule has 1 aliphatic heterocycles. The molecule has 0 aromatic heterocycles. The molecule has 0 bridgehead atoms. The number of carbonyl (C=O) groups excluding carboxylic acids is 2. The number of phenolic OH excluding ortho intramolecular Hbond substituents is 1. The van der Waals surface area contributed by atoms with Gasteiger partial charge in [0.05, 0.1) is 18.5 Å². The van der Waals surface area contributed by atoms with Gasteiger partial charge >= 0.3 is 6.09 Å². The first-order valence-corrected chi connectivity index (χ1v) is 12.7. The van der Waals surface area contributed by atoms with E-state index < -0.39 is 17.6 Å². The Kier molecular flexibility index (Phi) is 8.68. The summed E-state index contributed by atoms with van der Waals surface area (Å²) in [5.41, 5.74) is 7.38. The fraction of sp³-hybridized carbons (Fsp3) is 0.267. The van der Waals surface area contributed by atoms with Gasteiger partial charge in [-0.3, -0.25) is 10.1 Å². The summed E-state index contributed by atoms with van der Waals surface area (Å²) < 4.78 is 21.8. The Hall–Kier alpha value is -4.86. The molecule has 0 spiro atoms. The number of allylic oxidation sites excluding steroid dienone is 1. The van der Waals surface area contributed by atoms with E-state index in [1.165, 1.54) is 19.3 Å². The second-order valence-corrected chi connectivity index (χ2v) is 9.92. The van der Waals surface area contributed by atoms with Crippen LogP contribution in [-0.2, 0) is 9.53 Å². The van der Waals surface area contributed by atoms with Crippen molar-refractivity contribution in [1.82, 2.24) is 0 Å². The zero-order chi connectivity index (χ0) is 28.7. The first kappa shape index (κ1) is 28.2. The SMILES string of the molecule is COc1ccc([C@H](OC(=O)Nc2ccc3c(c2)OCO3)C(C)(C)CC/C=C/C(=O)Nc2ccccc2N)cc1O. The van der Waals surface area contributed by atoms with E-state index in [0.29, 0.717) is 52.7 Å². The Morgan fingerprint density at radius 1 is 1.07 bits per heavy atom. The summed E-state index contributed by atoms with van der Waals surface area (Å²) in [4.78, 5) is 25.3. The van der Waals surface area contributed by atoms with Crippen molar-refractivity contribution in [2.24, 2.45) is 5.41 Å². The maximum absolute atomic E-state index is 13.0. The Balaban J connectivity index is 1.45. The first-order valence-electron chi connectivity index (χ1n) is 12.7. The van der Waals surface area contributed by atoms with Crippen molar-refractivity contribution in [2.75, 3.05) is 30.3 Å². The molecule has 0 saturated carbocycles. The van der Waals surface area contributed by atoms with E-state index in [1.807, 2.05) is 13.8 Å². The molecule has 4 rings (SSSR count). The number of hydrogen-bond donors (Lipinski definition) is 4. The van der Waals surface area contributed by atoms with Gasteiger partial charge in [0.2, 0.25) is 12.7 Å². The summed E-state index contributed by atoms with van der Waals surface area (Å²) in [6, 6.07) is 16.9. The molecule has 2 amide bonds. The number of phenols is 1. The molecule has 3 aromatic carbocycles. The minimum absolute atomic E-state index is 0.0719. The summed E-state index contributed by atoms with van der Waals surface area (Å²) in [5, 5.41) is 15.9. The molecule has 3 aromatic rings. The zero-order valence-corrected chi connectivity index (χ0v) is 22.6.